The number of carbonyl (C=O) groups excluding carboxylic acids is 1. The van der Waals surface area contributed by atoms with E-state index in [1.807, 2.05) is 6.92 Å². The fourth-order valence-electron chi connectivity index (χ4n) is 1.72. The van der Waals surface area contributed by atoms with Crippen molar-refractivity contribution in [2.75, 3.05) is 0 Å². The van der Waals surface area contributed by atoms with E-state index in [1.54, 1.807) is 6.92 Å². The summed E-state index contributed by atoms with van der Waals surface area (Å²) in [5, 5.41) is 9.79. The average molecular weight is 186 g/mol. The van der Waals surface area contributed by atoms with E-state index < -0.39 is 5.60 Å². The van der Waals surface area contributed by atoms with Crippen LogP contribution in [-0.2, 0) is 9.53 Å². The third kappa shape index (κ3) is 2.69. The van der Waals surface area contributed by atoms with Crippen molar-refractivity contribution in [2.24, 2.45) is 0 Å². The minimum absolute atomic E-state index is 0.185. The maximum absolute atomic E-state index is 11.2. The van der Waals surface area contributed by atoms with E-state index in [-0.39, 0.29) is 12.1 Å². The summed E-state index contributed by atoms with van der Waals surface area (Å²) in [7, 11) is 0. The van der Waals surface area contributed by atoms with Gasteiger partial charge in [-0.15, -0.1) is 0 Å². The summed E-state index contributed by atoms with van der Waals surface area (Å²) in [6, 6.07) is 0. The van der Waals surface area contributed by atoms with Crippen LogP contribution in [0.15, 0.2) is 0 Å². The molecule has 0 saturated heterocycles. The van der Waals surface area contributed by atoms with Crippen LogP contribution in [0.1, 0.15) is 46.0 Å². The Hall–Kier alpha value is -0.570. The lowest BCUT2D eigenvalue weighted by Crippen LogP contribution is -2.37. The van der Waals surface area contributed by atoms with Crippen LogP contribution in [0.3, 0.4) is 0 Å². The fraction of sp³-hybridized carbons (Fsp3) is 0.900. The van der Waals surface area contributed by atoms with Crippen molar-refractivity contribution in [3.63, 3.8) is 0 Å². The smallest absolute Gasteiger partial charge is 0.306 e. The number of ether oxygens (including phenoxy) is 1. The molecule has 0 bridgehead atoms. The van der Waals surface area contributed by atoms with Gasteiger partial charge in [-0.3, -0.25) is 4.79 Å². The summed E-state index contributed by atoms with van der Waals surface area (Å²) in [4.78, 5) is 11.2. The predicted octanol–water partition coefficient (Wildman–Crippen LogP) is 1.63. The minimum atomic E-state index is -0.802. The monoisotopic (exact) mass is 186 g/mol. The zero-order chi connectivity index (χ0) is 9.90. The molecule has 0 aliphatic heterocycles. The van der Waals surface area contributed by atoms with Gasteiger partial charge in [-0.05, 0) is 32.6 Å². The quantitative estimate of drug-likeness (QED) is 0.681. The number of carbonyl (C=O) groups is 1. The van der Waals surface area contributed by atoms with Gasteiger partial charge < -0.3 is 9.84 Å². The highest BCUT2D eigenvalue weighted by atomic mass is 16.6. The molecule has 13 heavy (non-hydrogen) atoms. The van der Waals surface area contributed by atoms with Crippen LogP contribution in [0.4, 0.5) is 0 Å². The van der Waals surface area contributed by atoms with Gasteiger partial charge in [-0.1, -0.05) is 6.92 Å². The molecule has 3 heteroatoms. The lowest BCUT2D eigenvalue weighted by molar-refractivity contribution is -0.159. The van der Waals surface area contributed by atoms with Gasteiger partial charge in [0.1, 0.15) is 6.10 Å². The van der Waals surface area contributed by atoms with Gasteiger partial charge in [0.25, 0.3) is 0 Å². The summed E-state index contributed by atoms with van der Waals surface area (Å²) in [6.45, 7) is 3.68. The summed E-state index contributed by atoms with van der Waals surface area (Å²) in [5.41, 5.74) is -0.802. The van der Waals surface area contributed by atoms with E-state index in [9.17, 15) is 9.90 Å². The lowest BCUT2D eigenvalue weighted by Gasteiger charge is -2.25. The van der Waals surface area contributed by atoms with Crippen molar-refractivity contribution in [1.82, 2.24) is 0 Å². The molecule has 0 amide bonds. The third-order valence-electron chi connectivity index (χ3n) is 2.57. The van der Waals surface area contributed by atoms with Crippen molar-refractivity contribution >= 4 is 5.97 Å². The fourth-order valence-corrected chi connectivity index (χ4v) is 1.72. The molecular weight excluding hydrogens is 168 g/mol. The van der Waals surface area contributed by atoms with Gasteiger partial charge in [0.2, 0.25) is 0 Å². The van der Waals surface area contributed by atoms with Crippen molar-refractivity contribution in [2.45, 2.75) is 57.7 Å². The molecule has 0 radical (unpaired) electrons. The first-order valence-electron chi connectivity index (χ1n) is 4.98. The highest BCUT2D eigenvalue weighted by Gasteiger charge is 2.39. The van der Waals surface area contributed by atoms with Crippen LogP contribution >= 0.6 is 0 Å². The van der Waals surface area contributed by atoms with Gasteiger partial charge >= 0.3 is 5.97 Å². The molecule has 0 spiro atoms. The molecular formula is C10H18O3. The van der Waals surface area contributed by atoms with Crippen LogP contribution in [0.25, 0.3) is 0 Å². The van der Waals surface area contributed by atoms with Gasteiger partial charge in [0.05, 0.1) is 5.60 Å². The first-order valence-corrected chi connectivity index (χ1v) is 4.98. The molecule has 1 rings (SSSR count). The molecule has 1 saturated carbocycles. The van der Waals surface area contributed by atoms with Crippen molar-refractivity contribution in [3.05, 3.63) is 0 Å². The van der Waals surface area contributed by atoms with Gasteiger partial charge in [0.15, 0.2) is 0 Å². The molecule has 2 atom stereocenters. The second-order valence-corrected chi connectivity index (χ2v) is 3.98. The summed E-state index contributed by atoms with van der Waals surface area (Å²) in [6.07, 6.45) is 3.43. The lowest BCUT2D eigenvalue weighted by atomic mass is 10.0. The summed E-state index contributed by atoms with van der Waals surface area (Å²) in [5.74, 6) is -0.185. The topological polar surface area (TPSA) is 46.5 Å². The zero-order valence-electron chi connectivity index (χ0n) is 8.38. The number of rotatable bonds is 3. The molecule has 1 N–H and O–H groups in total. The van der Waals surface area contributed by atoms with Crippen LogP contribution in [-0.4, -0.2) is 22.8 Å². The van der Waals surface area contributed by atoms with Crippen molar-refractivity contribution in [3.8, 4) is 0 Å². The van der Waals surface area contributed by atoms with Crippen LogP contribution < -0.4 is 0 Å². The molecule has 0 aromatic carbocycles. The second-order valence-electron chi connectivity index (χ2n) is 3.98. The largest absolute Gasteiger partial charge is 0.459 e. The van der Waals surface area contributed by atoms with Gasteiger partial charge in [-0.2, -0.15) is 0 Å². The number of hydrogen-bond acceptors (Lipinski definition) is 3. The van der Waals surface area contributed by atoms with E-state index in [1.165, 1.54) is 0 Å². The maximum atomic E-state index is 11.2. The van der Waals surface area contributed by atoms with E-state index in [0.29, 0.717) is 6.42 Å². The third-order valence-corrected chi connectivity index (χ3v) is 2.57. The Morgan fingerprint density at radius 2 is 2.38 bits per heavy atom. The molecule has 0 aromatic heterocycles. The molecule has 0 unspecified atom stereocenters. The second kappa shape index (κ2) is 4.09. The van der Waals surface area contributed by atoms with Crippen LogP contribution in [0.5, 0.6) is 0 Å². The highest BCUT2D eigenvalue weighted by Crippen LogP contribution is 2.32. The van der Waals surface area contributed by atoms with Crippen molar-refractivity contribution < 1.29 is 14.6 Å². The Kier molecular flexibility index (Phi) is 3.31. The normalized spacial score (nSPS) is 33.3. The highest BCUT2D eigenvalue weighted by molar-refractivity contribution is 5.69. The molecule has 76 valence electrons. The average Bonchev–Trinajstić information content (AvgIpc) is 2.31. The Morgan fingerprint density at radius 1 is 1.69 bits per heavy atom. The Morgan fingerprint density at radius 3 is 2.85 bits per heavy atom. The SMILES string of the molecule is CCCC(=O)O[C@@H]1CCC[C@]1(C)O. The molecule has 3 nitrogen and oxygen atoms in total. The zero-order valence-corrected chi connectivity index (χ0v) is 8.38. The predicted molar refractivity (Wildman–Crippen MR) is 49.3 cm³/mol. The molecule has 1 aliphatic rings. The van der Waals surface area contributed by atoms with E-state index in [2.05, 4.69) is 0 Å². The van der Waals surface area contributed by atoms with E-state index in [0.717, 1.165) is 25.7 Å². The number of aliphatic hydroxyl groups is 1. The van der Waals surface area contributed by atoms with E-state index in [4.69, 9.17) is 4.74 Å². The standard InChI is InChI=1S/C10H18O3/c1-3-5-9(11)13-8-6-4-7-10(8,2)12/h8,12H,3-7H2,1-2H3/t8-,10+/m1/s1. The molecule has 1 aliphatic carbocycles. The Balaban J connectivity index is 2.40. The summed E-state index contributed by atoms with van der Waals surface area (Å²) >= 11 is 0. The first-order chi connectivity index (χ1) is 6.06. The molecule has 0 heterocycles. The van der Waals surface area contributed by atoms with Gasteiger partial charge in [0, 0.05) is 6.42 Å². The maximum Gasteiger partial charge on any atom is 0.306 e. The van der Waals surface area contributed by atoms with Crippen molar-refractivity contribution in [1.29, 1.82) is 0 Å². The minimum Gasteiger partial charge on any atom is -0.459 e. The number of hydrogen-bond donors (Lipinski definition) is 1. The van der Waals surface area contributed by atoms with E-state index >= 15 is 0 Å². The summed E-state index contributed by atoms with van der Waals surface area (Å²) < 4.78 is 5.18. The van der Waals surface area contributed by atoms with Gasteiger partial charge in [-0.25, -0.2) is 0 Å². The molecule has 0 aromatic rings. The Labute approximate surface area is 79.1 Å². The Bertz CT molecular complexity index is 187. The first kappa shape index (κ1) is 10.5. The van der Waals surface area contributed by atoms with Crippen LogP contribution in [0.2, 0.25) is 0 Å². The van der Waals surface area contributed by atoms with Crippen LogP contribution in [0, 0.1) is 0 Å². The number of esters is 1. The molecule has 1 fully saturated rings.